The van der Waals surface area contributed by atoms with Crippen molar-refractivity contribution in [1.82, 2.24) is 20.1 Å². The maximum atomic E-state index is 12.8. The lowest BCUT2D eigenvalue weighted by Crippen LogP contribution is -2.31. The van der Waals surface area contributed by atoms with Crippen LogP contribution in [0.1, 0.15) is 52.9 Å². The number of rotatable bonds is 7. The molecule has 3 aromatic heterocycles. The number of furan rings is 1. The number of carbonyl (C=O) groups excluding carboxylic acids is 1. The van der Waals surface area contributed by atoms with Crippen LogP contribution < -0.4 is 10.1 Å². The summed E-state index contributed by atoms with van der Waals surface area (Å²) in [5, 5.41) is 8.30. The second kappa shape index (κ2) is 9.19. The van der Waals surface area contributed by atoms with Crippen LogP contribution in [0.3, 0.4) is 0 Å². The molecule has 4 heterocycles. The normalized spacial score (nSPS) is 17.0. The number of nitrogens with one attached hydrogen (secondary N) is 1. The molecule has 0 aromatic carbocycles. The van der Waals surface area contributed by atoms with Crippen LogP contribution in [0.4, 0.5) is 0 Å². The quantitative estimate of drug-likeness (QED) is 0.562. The Kier molecular flexibility index (Phi) is 6.12. The molecule has 0 spiro atoms. The lowest BCUT2D eigenvalue weighted by molar-refractivity contribution is 0.0833. The highest BCUT2D eigenvalue weighted by Gasteiger charge is 2.30. The number of amides is 1. The topological polar surface area (TPSA) is 91.4 Å². The van der Waals surface area contributed by atoms with E-state index in [9.17, 15) is 4.79 Å². The van der Waals surface area contributed by atoms with E-state index in [-0.39, 0.29) is 12.0 Å². The molecule has 1 fully saturated rings. The van der Waals surface area contributed by atoms with Gasteiger partial charge in [-0.2, -0.15) is 5.10 Å². The Morgan fingerprint density at radius 3 is 3.03 bits per heavy atom. The van der Waals surface area contributed by atoms with Gasteiger partial charge >= 0.3 is 0 Å². The molecule has 1 amide bonds. The minimum absolute atomic E-state index is 0.0872. The molecular formula is C24H27ClN4O4. The van der Waals surface area contributed by atoms with E-state index in [1.165, 1.54) is 0 Å². The lowest BCUT2D eigenvalue weighted by Gasteiger charge is -2.10. The summed E-state index contributed by atoms with van der Waals surface area (Å²) in [5.41, 5.74) is 4.44. The van der Waals surface area contributed by atoms with Gasteiger partial charge in [-0.15, -0.1) is 0 Å². The third kappa shape index (κ3) is 4.37. The van der Waals surface area contributed by atoms with Crippen molar-refractivity contribution in [2.45, 2.75) is 52.2 Å². The van der Waals surface area contributed by atoms with Crippen molar-refractivity contribution < 1.29 is 18.7 Å². The molecule has 174 valence electrons. The summed E-state index contributed by atoms with van der Waals surface area (Å²) in [7, 11) is 0. The molecule has 0 saturated carbocycles. The number of hydrogen-bond donors (Lipinski definition) is 1. The Labute approximate surface area is 197 Å². The summed E-state index contributed by atoms with van der Waals surface area (Å²) in [6.45, 7) is 6.10. The van der Waals surface area contributed by atoms with Gasteiger partial charge in [0.1, 0.15) is 11.5 Å². The van der Waals surface area contributed by atoms with Crippen molar-refractivity contribution in [3.8, 4) is 17.0 Å². The zero-order valence-corrected chi connectivity index (χ0v) is 19.6. The molecule has 3 aromatic rings. The molecule has 0 radical (unpaired) electrons. The average Bonchev–Trinajstić information content (AvgIpc) is 3.53. The number of aryl methyl sites for hydroxylation is 2. The van der Waals surface area contributed by atoms with Gasteiger partial charge in [0.25, 0.3) is 5.91 Å². The number of ether oxygens (including phenoxy) is 2. The van der Waals surface area contributed by atoms with Gasteiger partial charge < -0.3 is 19.2 Å². The minimum Gasteiger partial charge on any atom is -0.492 e. The summed E-state index contributed by atoms with van der Waals surface area (Å²) in [6, 6.07) is 1.77. The van der Waals surface area contributed by atoms with Crippen molar-refractivity contribution in [3.05, 3.63) is 51.8 Å². The SMILES string of the molecule is CCOc1cnc(Cn2cc3c(n2)-c2c(oc(C(=O)NC[C@@H]4CCCO4)c2C)CC3)c(Cl)c1. The fraction of sp³-hybridized carbons (Fsp3) is 0.458. The molecule has 8 nitrogen and oxygen atoms in total. The highest BCUT2D eigenvalue weighted by atomic mass is 35.5. The zero-order valence-electron chi connectivity index (χ0n) is 18.8. The average molecular weight is 471 g/mol. The van der Waals surface area contributed by atoms with Gasteiger partial charge in [0.05, 0.1) is 41.9 Å². The van der Waals surface area contributed by atoms with E-state index in [4.69, 9.17) is 30.6 Å². The Morgan fingerprint density at radius 1 is 1.39 bits per heavy atom. The van der Waals surface area contributed by atoms with Gasteiger partial charge in [-0.05, 0) is 38.7 Å². The third-order valence-electron chi connectivity index (χ3n) is 6.15. The van der Waals surface area contributed by atoms with Gasteiger partial charge in [0.2, 0.25) is 0 Å². The summed E-state index contributed by atoms with van der Waals surface area (Å²) in [6.07, 6.45) is 7.33. The highest BCUT2D eigenvalue weighted by Crippen LogP contribution is 2.38. The Morgan fingerprint density at radius 2 is 2.27 bits per heavy atom. The van der Waals surface area contributed by atoms with Crippen LogP contribution in [0.2, 0.25) is 5.02 Å². The smallest absolute Gasteiger partial charge is 0.287 e. The first kappa shape index (κ1) is 22.0. The molecule has 1 N–H and O–H groups in total. The molecule has 2 aliphatic rings. The number of pyridine rings is 1. The van der Waals surface area contributed by atoms with E-state index in [1.54, 1.807) is 12.3 Å². The van der Waals surface area contributed by atoms with E-state index in [2.05, 4.69) is 10.3 Å². The van der Waals surface area contributed by atoms with Gasteiger partial charge in [0.15, 0.2) is 5.76 Å². The number of halogens is 1. The minimum atomic E-state index is -0.205. The number of hydrogen-bond acceptors (Lipinski definition) is 6. The van der Waals surface area contributed by atoms with Crippen LogP contribution in [0.25, 0.3) is 11.3 Å². The molecule has 1 aliphatic carbocycles. The zero-order chi connectivity index (χ0) is 22.9. The first-order valence-corrected chi connectivity index (χ1v) is 11.8. The highest BCUT2D eigenvalue weighted by molar-refractivity contribution is 6.31. The molecule has 1 atom stereocenters. The molecule has 0 bridgehead atoms. The summed E-state index contributed by atoms with van der Waals surface area (Å²) >= 11 is 6.41. The Hall–Kier alpha value is -2.84. The van der Waals surface area contributed by atoms with Gasteiger partial charge in [-0.1, -0.05) is 11.6 Å². The molecule has 1 saturated heterocycles. The lowest BCUT2D eigenvalue weighted by atomic mass is 9.93. The standard InChI is InChI=1S/C24H27ClN4O4/c1-3-31-17-9-18(25)19(26-11-17)13-29-12-15-6-7-20-21(22(15)28-29)14(2)23(33-20)24(30)27-10-16-5-4-8-32-16/h9,11-12,16H,3-8,10,13H2,1-2H3,(H,27,30)/t16-/m0/s1. The van der Waals surface area contributed by atoms with E-state index in [0.717, 1.165) is 66.1 Å². The number of fused-ring (bicyclic) bond motifs is 3. The number of aromatic nitrogens is 3. The van der Waals surface area contributed by atoms with Crippen LogP contribution in [-0.4, -0.2) is 46.5 Å². The predicted molar refractivity (Wildman–Crippen MR) is 123 cm³/mol. The van der Waals surface area contributed by atoms with Crippen LogP contribution >= 0.6 is 11.6 Å². The monoisotopic (exact) mass is 470 g/mol. The molecule has 5 rings (SSSR count). The van der Waals surface area contributed by atoms with Crippen molar-refractivity contribution in [2.24, 2.45) is 0 Å². The van der Waals surface area contributed by atoms with E-state index in [0.29, 0.717) is 36.2 Å². The third-order valence-corrected chi connectivity index (χ3v) is 6.48. The van der Waals surface area contributed by atoms with Crippen molar-refractivity contribution >= 4 is 17.5 Å². The van der Waals surface area contributed by atoms with Crippen LogP contribution in [0.5, 0.6) is 5.75 Å². The first-order valence-electron chi connectivity index (χ1n) is 11.4. The fourth-order valence-corrected chi connectivity index (χ4v) is 4.73. The Bertz CT molecular complexity index is 1180. The fourth-order valence-electron chi connectivity index (χ4n) is 4.52. The maximum Gasteiger partial charge on any atom is 0.287 e. The summed E-state index contributed by atoms with van der Waals surface area (Å²) in [5.74, 6) is 1.61. The van der Waals surface area contributed by atoms with E-state index in [1.807, 2.05) is 24.7 Å². The van der Waals surface area contributed by atoms with Crippen molar-refractivity contribution in [2.75, 3.05) is 19.8 Å². The first-order chi connectivity index (χ1) is 16.0. The van der Waals surface area contributed by atoms with Crippen LogP contribution in [0, 0.1) is 6.92 Å². The van der Waals surface area contributed by atoms with E-state index < -0.39 is 0 Å². The molecule has 9 heteroatoms. The molecule has 33 heavy (non-hydrogen) atoms. The van der Waals surface area contributed by atoms with Crippen LogP contribution in [-0.2, 0) is 24.1 Å². The summed E-state index contributed by atoms with van der Waals surface area (Å²) in [4.78, 5) is 17.2. The maximum absolute atomic E-state index is 12.8. The second-order valence-corrected chi connectivity index (χ2v) is 8.84. The predicted octanol–water partition coefficient (Wildman–Crippen LogP) is 3.95. The van der Waals surface area contributed by atoms with Gasteiger partial charge in [0, 0.05) is 43.0 Å². The van der Waals surface area contributed by atoms with Crippen molar-refractivity contribution in [1.29, 1.82) is 0 Å². The second-order valence-electron chi connectivity index (χ2n) is 8.43. The summed E-state index contributed by atoms with van der Waals surface area (Å²) < 4.78 is 18.9. The number of carbonyl (C=O) groups is 1. The van der Waals surface area contributed by atoms with Crippen molar-refractivity contribution in [3.63, 3.8) is 0 Å². The largest absolute Gasteiger partial charge is 0.492 e. The van der Waals surface area contributed by atoms with Gasteiger partial charge in [-0.3, -0.25) is 14.5 Å². The molecule has 0 unspecified atom stereocenters. The Balaban J connectivity index is 1.36. The van der Waals surface area contributed by atoms with Gasteiger partial charge in [-0.25, -0.2) is 0 Å². The molecular weight excluding hydrogens is 444 g/mol. The van der Waals surface area contributed by atoms with E-state index >= 15 is 0 Å². The molecule has 1 aliphatic heterocycles. The number of nitrogens with zero attached hydrogens (tertiary/aromatic N) is 3. The van der Waals surface area contributed by atoms with Crippen LogP contribution in [0.15, 0.2) is 22.9 Å².